The van der Waals surface area contributed by atoms with Crippen molar-refractivity contribution in [2.24, 2.45) is 0 Å². The number of hydrogen-bond acceptors (Lipinski definition) is 0. The molecule has 0 amide bonds. The summed E-state index contributed by atoms with van der Waals surface area (Å²) in [4.78, 5) is 2.89. The number of H-pyrrole nitrogens is 1. The summed E-state index contributed by atoms with van der Waals surface area (Å²) in [5, 5.41) is 4.25. The molecular weight excluding hydrogens is 587 g/mol. The van der Waals surface area contributed by atoms with Crippen molar-refractivity contribution in [3.63, 3.8) is 0 Å². The van der Waals surface area contributed by atoms with E-state index in [0.29, 0.717) is 0 Å². The summed E-state index contributed by atoms with van der Waals surface area (Å²) in [7, 11) is 0. The van der Waals surface area contributed by atoms with Crippen molar-refractivity contribution in [3.05, 3.63) is 122 Å². The molecule has 1 N–H and O–H groups in total. The van der Waals surface area contributed by atoms with Crippen molar-refractivity contribution in [3.8, 4) is 0 Å². The fourth-order valence-corrected chi connectivity index (χ4v) is 9.57. The predicted molar refractivity (Wildman–Crippen MR) is 128 cm³/mol. The minimum Gasteiger partial charge on any atom is -1.00 e. The van der Waals surface area contributed by atoms with E-state index in [0.717, 1.165) is 0 Å². The maximum Gasteiger partial charge on any atom is 0.166 e. The third-order valence-electron chi connectivity index (χ3n) is 4.72. The molecule has 0 saturated carbocycles. The molecule has 0 aliphatic carbocycles. The van der Waals surface area contributed by atoms with Crippen LogP contribution < -0.4 is 44.9 Å². The van der Waals surface area contributed by atoms with Crippen LogP contribution in [0, 0.1) is 0 Å². The number of aromatic nitrogens is 1. The molecule has 1 heterocycles. The second-order valence-corrected chi connectivity index (χ2v) is 18.2. The van der Waals surface area contributed by atoms with Gasteiger partial charge in [0.2, 0.25) is 0 Å². The number of nitrogens with one attached hydrogen (secondary N) is 1. The summed E-state index contributed by atoms with van der Waals surface area (Å²) in [5.74, 6) is 0. The van der Waals surface area contributed by atoms with Gasteiger partial charge in [-0.2, -0.15) is 0 Å². The molecule has 0 atom stereocenters. The van der Waals surface area contributed by atoms with Crippen LogP contribution in [0.25, 0.3) is 0 Å². The van der Waals surface area contributed by atoms with Crippen LogP contribution in [0.5, 0.6) is 0 Å². The van der Waals surface area contributed by atoms with Gasteiger partial charge in [0.15, 0.2) is 12.4 Å². The van der Waals surface area contributed by atoms with E-state index in [4.69, 9.17) is 0 Å². The van der Waals surface area contributed by atoms with Crippen molar-refractivity contribution < 1.29 is 29.0 Å². The Bertz CT molecular complexity index is 817. The second kappa shape index (κ2) is 10.5. The van der Waals surface area contributed by atoms with Gasteiger partial charge in [0.05, 0.1) is 0 Å². The van der Waals surface area contributed by atoms with Crippen LogP contribution in [0.1, 0.15) is 0 Å². The van der Waals surface area contributed by atoms with Gasteiger partial charge in [0, 0.05) is 12.1 Å². The second-order valence-electron chi connectivity index (χ2n) is 6.51. The van der Waals surface area contributed by atoms with E-state index >= 15 is 0 Å². The van der Waals surface area contributed by atoms with Gasteiger partial charge in [-0.15, -0.1) is 0 Å². The Kier molecular flexibility index (Phi) is 8.59. The molecule has 0 spiro atoms. The minimum atomic E-state index is -2.40. The number of halogens is 2. The summed E-state index contributed by atoms with van der Waals surface area (Å²) in [6.45, 7) is 2.44. The van der Waals surface area contributed by atoms with Crippen LogP contribution in [-0.4, -0.2) is 6.66 Å². The van der Waals surface area contributed by atoms with Crippen LogP contribution in [0.2, 0.25) is 0 Å². The van der Waals surface area contributed by atoms with Crippen LogP contribution in [0.4, 0.5) is 0 Å². The molecule has 0 fully saturated rings. The van der Waals surface area contributed by atoms with E-state index < -0.39 is 4.25 Å². The Hall–Kier alpha value is -1.30. The third-order valence-corrected chi connectivity index (χ3v) is 14.3. The third kappa shape index (κ3) is 5.00. The normalized spacial score (nSPS) is 11.7. The van der Waals surface area contributed by atoms with Crippen molar-refractivity contribution in [1.29, 1.82) is 0 Å². The summed E-state index contributed by atoms with van der Waals surface area (Å²) in [5.41, 5.74) is 0. The van der Waals surface area contributed by atoms with E-state index in [1.165, 1.54) is 15.9 Å². The fourth-order valence-electron chi connectivity index (χ4n) is 3.14. The fraction of sp³-hybridized carbons (Fsp3) is 0.0417. The standard InChI is InChI=1S/C19H18IP.C5H5N.HI/c1-21(20,17-11-5-2-6-12-17,18-13-7-3-8-14-18)19-15-9-4-10-16-19;1-2-4-6-5-3-1;/h2-16H,1H3;1-5H;1H. The Labute approximate surface area is 198 Å². The topological polar surface area (TPSA) is 14.1 Å². The number of pyridine rings is 1. The van der Waals surface area contributed by atoms with Gasteiger partial charge in [-0.1, -0.05) is 6.07 Å². The van der Waals surface area contributed by atoms with Crippen molar-refractivity contribution in [2.75, 3.05) is 6.66 Å². The van der Waals surface area contributed by atoms with Crippen LogP contribution in [0.3, 0.4) is 0 Å². The Morgan fingerprint density at radius 2 is 0.821 bits per heavy atom. The summed E-state index contributed by atoms with van der Waals surface area (Å²) < 4.78 is -2.40. The molecular formula is C24H24I2NP. The molecule has 0 saturated heterocycles. The van der Waals surface area contributed by atoms with E-state index in [1.807, 2.05) is 30.6 Å². The van der Waals surface area contributed by atoms with Crippen molar-refractivity contribution in [1.82, 2.24) is 0 Å². The molecule has 4 heteroatoms. The first kappa shape index (κ1) is 23.0. The van der Waals surface area contributed by atoms with Gasteiger partial charge < -0.3 is 24.0 Å². The molecule has 4 rings (SSSR count). The number of aromatic amines is 1. The monoisotopic (exact) mass is 611 g/mol. The van der Waals surface area contributed by atoms with Gasteiger partial charge in [-0.25, -0.2) is 4.98 Å². The van der Waals surface area contributed by atoms with Crippen LogP contribution in [-0.2, 0) is 0 Å². The maximum absolute atomic E-state index is 2.89. The molecule has 0 aliphatic rings. The molecule has 1 aromatic heterocycles. The zero-order chi connectivity index (χ0) is 19.0. The Balaban J connectivity index is 0.000000344. The summed E-state index contributed by atoms with van der Waals surface area (Å²) >= 11 is 2.74. The van der Waals surface area contributed by atoms with E-state index in [2.05, 4.69) is 125 Å². The SMILES string of the molecule is CP(I)(c1ccccc1)(c1ccccc1)c1ccccc1.[I-].c1cc[nH+]cc1. The summed E-state index contributed by atoms with van der Waals surface area (Å²) in [6, 6.07) is 38.6. The van der Waals surface area contributed by atoms with Crippen LogP contribution >= 0.6 is 26.3 Å². The molecule has 4 aromatic rings. The van der Waals surface area contributed by atoms with E-state index in [9.17, 15) is 0 Å². The van der Waals surface area contributed by atoms with Crippen molar-refractivity contribution in [2.45, 2.75) is 0 Å². The van der Waals surface area contributed by atoms with Gasteiger partial charge >= 0.3 is 140 Å². The molecule has 1 nitrogen and oxygen atoms in total. The molecule has 0 unspecified atom stereocenters. The largest absolute Gasteiger partial charge is 1.00 e. The van der Waals surface area contributed by atoms with Gasteiger partial charge in [0.1, 0.15) is 0 Å². The molecule has 3 aromatic carbocycles. The summed E-state index contributed by atoms with van der Waals surface area (Å²) in [6.07, 6.45) is 3.75. The predicted octanol–water partition coefficient (Wildman–Crippen LogP) is 2.00. The first-order chi connectivity index (χ1) is 13.1. The number of rotatable bonds is 3. The number of benzene rings is 3. The first-order valence-corrected chi connectivity index (χ1v) is 14.4. The Morgan fingerprint density at radius 1 is 0.536 bits per heavy atom. The molecule has 0 radical (unpaired) electrons. The zero-order valence-corrected chi connectivity index (χ0v) is 21.0. The quantitative estimate of drug-likeness (QED) is 0.249. The van der Waals surface area contributed by atoms with Crippen molar-refractivity contribution >= 4 is 42.2 Å². The number of hydrogen-bond donors (Lipinski definition) is 0. The average molecular weight is 611 g/mol. The Morgan fingerprint density at radius 3 is 1.04 bits per heavy atom. The molecule has 144 valence electrons. The molecule has 0 aliphatic heterocycles. The average Bonchev–Trinajstić information content (AvgIpc) is 2.77. The zero-order valence-electron chi connectivity index (χ0n) is 15.8. The van der Waals surface area contributed by atoms with E-state index in [1.54, 1.807) is 0 Å². The van der Waals surface area contributed by atoms with E-state index in [-0.39, 0.29) is 24.0 Å². The van der Waals surface area contributed by atoms with Gasteiger partial charge in [-0.3, -0.25) is 0 Å². The maximum atomic E-state index is 2.89. The van der Waals surface area contributed by atoms with Gasteiger partial charge in [0.25, 0.3) is 0 Å². The molecule has 0 bridgehead atoms. The van der Waals surface area contributed by atoms with Crippen LogP contribution in [0.15, 0.2) is 122 Å². The minimum absolute atomic E-state index is 0. The molecule has 28 heavy (non-hydrogen) atoms. The smallest absolute Gasteiger partial charge is 0.166 e. The van der Waals surface area contributed by atoms with Gasteiger partial charge in [-0.05, 0) is 0 Å². The first-order valence-electron chi connectivity index (χ1n) is 8.93.